The molecule has 0 aromatic rings. The van der Waals surface area contributed by atoms with Gasteiger partial charge < -0.3 is 11.1 Å². The maximum atomic E-state index is 12.9. The molecular weight excluding hydrogens is 292 g/mol. The molecule has 0 aromatic heterocycles. The van der Waals surface area contributed by atoms with Crippen LogP contribution in [0.5, 0.6) is 0 Å². The van der Waals surface area contributed by atoms with Crippen LogP contribution in [-0.4, -0.2) is 42.7 Å². The monoisotopic (exact) mass is 302 g/mol. The van der Waals surface area contributed by atoms with Gasteiger partial charge in [-0.25, -0.2) is 8.78 Å². The van der Waals surface area contributed by atoms with Crippen LogP contribution >= 0.6 is 0 Å². The Labute approximate surface area is 102 Å². The number of halogens is 8. The fourth-order valence-corrected chi connectivity index (χ4v) is 0.851. The van der Waals surface area contributed by atoms with Gasteiger partial charge in [0.2, 0.25) is 5.91 Å². The van der Waals surface area contributed by atoms with Gasteiger partial charge in [-0.05, 0) is 6.92 Å². The molecule has 0 saturated heterocycles. The molecule has 0 spiro atoms. The molecule has 0 fully saturated rings. The van der Waals surface area contributed by atoms with E-state index in [0.29, 0.717) is 0 Å². The summed E-state index contributed by atoms with van der Waals surface area (Å²) in [7, 11) is 0. The second-order valence-electron chi connectivity index (χ2n) is 3.71. The number of alkyl halides is 8. The lowest BCUT2D eigenvalue weighted by Crippen LogP contribution is -2.61. The van der Waals surface area contributed by atoms with Crippen LogP contribution in [0.2, 0.25) is 0 Å². The number of amides is 1. The summed E-state index contributed by atoms with van der Waals surface area (Å²) in [5.41, 5.74) is 4.90. The molecule has 0 radical (unpaired) electrons. The third-order valence-electron chi connectivity index (χ3n) is 2.05. The first-order valence-corrected chi connectivity index (χ1v) is 4.72. The van der Waals surface area contributed by atoms with E-state index in [-0.39, 0.29) is 0 Å². The number of rotatable bonds is 6. The number of nitrogens with one attached hydrogen (secondary N) is 1. The highest BCUT2D eigenvalue weighted by atomic mass is 19.4. The Balaban J connectivity index is 5.03. The van der Waals surface area contributed by atoms with Crippen molar-refractivity contribution in [3.05, 3.63) is 0 Å². The third kappa shape index (κ3) is 3.45. The topological polar surface area (TPSA) is 55.1 Å². The highest BCUT2D eigenvalue weighted by molar-refractivity contribution is 5.81. The van der Waals surface area contributed by atoms with Gasteiger partial charge in [-0.2, -0.15) is 26.3 Å². The van der Waals surface area contributed by atoms with Crippen molar-refractivity contribution in [1.29, 1.82) is 0 Å². The van der Waals surface area contributed by atoms with Crippen LogP contribution < -0.4 is 11.1 Å². The highest BCUT2D eigenvalue weighted by Gasteiger charge is 2.75. The lowest BCUT2D eigenvalue weighted by Gasteiger charge is -2.32. The van der Waals surface area contributed by atoms with Gasteiger partial charge in [0.25, 0.3) is 0 Å². The van der Waals surface area contributed by atoms with Crippen molar-refractivity contribution in [1.82, 2.24) is 5.32 Å². The molecule has 0 heterocycles. The number of nitrogens with two attached hydrogens (primary N) is 1. The van der Waals surface area contributed by atoms with Crippen molar-refractivity contribution in [2.75, 3.05) is 6.54 Å². The largest absolute Gasteiger partial charge is 0.379 e. The van der Waals surface area contributed by atoms with Crippen molar-refractivity contribution in [2.45, 2.75) is 37.2 Å². The van der Waals surface area contributed by atoms with Crippen molar-refractivity contribution >= 4 is 5.91 Å². The van der Waals surface area contributed by atoms with Crippen LogP contribution in [0.15, 0.2) is 0 Å². The van der Waals surface area contributed by atoms with Crippen molar-refractivity contribution in [3.8, 4) is 0 Å². The van der Waals surface area contributed by atoms with E-state index in [9.17, 15) is 39.9 Å². The van der Waals surface area contributed by atoms with Crippen LogP contribution in [0, 0.1) is 0 Å². The zero-order valence-electron chi connectivity index (χ0n) is 9.37. The van der Waals surface area contributed by atoms with Crippen LogP contribution in [0.1, 0.15) is 6.92 Å². The normalized spacial score (nSPS) is 15.5. The molecule has 0 bridgehead atoms. The van der Waals surface area contributed by atoms with Crippen LogP contribution in [-0.2, 0) is 4.79 Å². The zero-order valence-corrected chi connectivity index (χ0v) is 9.37. The average Bonchev–Trinajstić information content (AvgIpc) is 2.24. The molecule has 1 atom stereocenters. The van der Waals surface area contributed by atoms with Gasteiger partial charge in [-0.15, -0.1) is 0 Å². The lowest BCUT2D eigenvalue weighted by atomic mass is 10.0. The molecule has 1 amide bonds. The van der Waals surface area contributed by atoms with Gasteiger partial charge in [-0.3, -0.25) is 4.79 Å². The minimum Gasteiger partial charge on any atom is -0.348 e. The van der Waals surface area contributed by atoms with Gasteiger partial charge in [0.1, 0.15) is 0 Å². The predicted molar refractivity (Wildman–Crippen MR) is 47.5 cm³/mol. The second kappa shape index (κ2) is 5.47. The molecule has 1 unspecified atom stereocenters. The van der Waals surface area contributed by atoms with E-state index < -0.39 is 42.7 Å². The summed E-state index contributed by atoms with van der Waals surface area (Å²) < 4.78 is 99.3. The zero-order chi connectivity index (χ0) is 15.6. The maximum absolute atomic E-state index is 12.9. The highest BCUT2D eigenvalue weighted by Crippen LogP contribution is 2.48. The summed E-state index contributed by atoms with van der Waals surface area (Å²) in [4.78, 5) is 10.8. The molecule has 19 heavy (non-hydrogen) atoms. The third-order valence-corrected chi connectivity index (χ3v) is 2.05. The van der Waals surface area contributed by atoms with Crippen LogP contribution in [0.3, 0.4) is 0 Å². The van der Waals surface area contributed by atoms with E-state index in [1.165, 1.54) is 5.32 Å². The average molecular weight is 302 g/mol. The molecule has 114 valence electrons. The SMILES string of the molecule is CC(N)C(=O)NCC(F)(F)C(F)(F)C(F)(F)C(F)F. The van der Waals surface area contributed by atoms with E-state index in [0.717, 1.165) is 6.92 Å². The first kappa shape index (κ1) is 17.9. The standard InChI is InChI=1S/C8H10F8N2O/c1-3(17)4(19)18-2-6(11,12)8(15,16)7(13,14)5(9)10/h3,5H,2,17H2,1H3,(H,18,19). The van der Waals surface area contributed by atoms with Crippen LogP contribution in [0.4, 0.5) is 35.1 Å². The smallest absolute Gasteiger partial charge is 0.348 e. The number of hydrogen-bond acceptors (Lipinski definition) is 2. The molecule has 0 aliphatic rings. The number of hydrogen-bond donors (Lipinski definition) is 2. The van der Waals surface area contributed by atoms with E-state index in [1.54, 1.807) is 0 Å². The Kier molecular flexibility index (Phi) is 5.14. The minimum atomic E-state index is -6.33. The summed E-state index contributed by atoms with van der Waals surface area (Å²) in [5.74, 6) is -19.5. The molecule has 0 rings (SSSR count). The molecule has 0 aliphatic carbocycles. The lowest BCUT2D eigenvalue weighted by molar-refractivity contribution is -0.336. The summed E-state index contributed by atoms with van der Waals surface area (Å²) in [5, 5.41) is 1.17. The first-order chi connectivity index (χ1) is 8.27. The minimum absolute atomic E-state index is 1.01. The maximum Gasteiger partial charge on any atom is 0.379 e. The Morgan fingerprint density at radius 2 is 1.58 bits per heavy atom. The van der Waals surface area contributed by atoms with E-state index in [1.807, 2.05) is 0 Å². The Morgan fingerprint density at radius 1 is 1.16 bits per heavy atom. The molecule has 0 aliphatic heterocycles. The fraction of sp³-hybridized carbons (Fsp3) is 0.875. The van der Waals surface area contributed by atoms with Crippen molar-refractivity contribution in [2.24, 2.45) is 5.73 Å². The van der Waals surface area contributed by atoms with Gasteiger partial charge in [0.05, 0.1) is 12.6 Å². The van der Waals surface area contributed by atoms with Gasteiger partial charge in [0.15, 0.2) is 0 Å². The van der Waals surface area contributed by atoms with Gasteiger partial charge in [0, 0.05) is 0 Å². The Morgan fingerprint density at radius 3 is 1.89 bits per heavy atom. The van der Waals surface area contributed by atoms with E-state index >= 15 is 0 Å². The van der Waals surface area contributed by atoms with E-state index in [2.05, 4.69) is 0 Å². The summed E-state index contributed by atoms with van der Waals surface area (Å²) >= 11 is 0. The Bertz CT molecular complexity index is 331. The van der Waals surface area contributed by atoms with Crippen molar-refractivity contribution in [3.63, 3.8) is 0 Å². The number of carbonyl (C=O) groups excluding carboxylic acids is 1. The van der Waals surface area contributed by atoms with E-state index in [4.69, 9.17) is 5.73 Å². The molecule has 0 aromatic carbocycles. The second-order valence-corrected chi connectivity index (χ2v) is 3.71. The quantitative estimate of drug-likeness (QED) is 0.733. The van der Waals surface area contributed by atoms with Crippen LogP contribution in [0.25, 0.3) is 0 Å². The van der Waals surface area contributed by atoms with Gasteiger partial charge >= 0.3 is 24.2 Å². The van der Waals surface area contributed by atoms with Gasteiger partial charge in [-0.1, -0.05) is 0 Å². The summed E-state index contributed by atoms with van der Waals surface area (Å²) in [6, 6.07) is -1.36. The molecular formula is C8H10F8N2O. The molecule has 3 N–H and O–H groups in total. The predicted octanol–water partition coefficient (Wildman–Crippen LogP) is 1.62. The molecule has 3 nitrogen and oxygen atoms in total. The first-order valence-electron chi connectivity index (χ1n) is 4.72. The Hall–Kier alpha value is -1.13. The van der Waals surface area contributed by atoms with Crippen molar-refractivity contribution < 1.29 is 39.9 Å². The summed E-state index contributed by atoms with van der Waals surface area (Å²) in [6.45, 7) is -1.23. The molecule has 0 saturated carbocycles. The summed E-state index contributed by atoms with van der Waals surface area (Å²) in [6.07, 6.45) is -4.99. The fourth-order valence-electron chi connectivity index (χ4n) is 0.851. The molecule has 11 heteroatoms. The number of carbonyl (C=O) groups is 1.